The summed E-state index contributed by atoms with van der Waals surface area (Å²) in [5, 5.41) is 3.49. The van der Waals surface area contributed by atoms with Gasteiger partial charge in [0.15, 0.2) is 5.82 Å². The van der Waals surface area contributed by atoms with Crippen LogP contribution in [0.5, 0.6) is 0 Å². The van der Waals surface area contributed by atoms with Gasteiger partial charge in [-0.25, -0.2) is 13.8 Å². The number of hydrogen-bond donors (Lipinski definition) is 1. The van der Waals surface area contributed by atoms with E-state index in [1.54, 1.807) is 24.3 Å². The number of nitrogens with zero attached hydrogens (tertiary/aromatic N) is 6. The second-order valence-corrected chi connectivity index (χ2v) is 9.45. The Labute approximate surface area is 226 Å². The van der Waals surface area contributed by atoms with Crippen LogP contribution in [0.1, 0.15) is 24.2 Å². The van der Waals surface area contributed by atoms with Gasteiger partial charge in [-0.1, -0.05) is 42.5 Å². The summed E-state index contributed by atoms with van der Waals surface area (Å²) in [6.45, 7) is 5.24. The quantitative estimate of drug-likeness (QED) is 0.364. The van der Waals surface area contributed by atoms with Crippen LogP contribution in [0, 0.1) is 0 Å². The summed E-state index contributed by atoms with van der Waals surface area (Å²) in [6, 6.07) is 19.5. The van der Waals surface area contributed by atoms with Crippen LogP contribution in [-0.2, 0) is 11.3 Å². The first-order valence-corrected chi connectivity index (χ1v) is 12.6. The zero-order valence-electron chi connectivity index (χ0n) is 20.8. The molecule has 2 saturated heterocycles. The van der Waals surface area contributed by atoms with Gasteiger partial charge in [-0.05, 0) is 24.1 Å². The second-order valence-electron chi connectivity index (χ2n) is 9.45. The molecule has 2 aromatic carbocycles. The van der Waals surface area contributed by atoms with Crippen molar-refractivity contribution >= 4 is 35.2 Å². The molecule has 2 aromatic heterocycles. The summed E-state index contributed by atoms with van der Waals surface area (Å²) in [7, 11) is 0. The molecule has 0 saturated carbocycles. The monoisotopic (exact) mass is 541 g/mol. The summed E-state index contributed by atoms with van der Waals surface area (Å²) < 4.78 is 35.1. The molecule has 6 rings (SSSR count). The van der Waals surface area contributed by atoms with E-state index in [1.165, 1.54) is 10.1 Å². The molecule has 2 aliphatic heterocycles. The highest BCUT2D eigenvalue weighted by Gasteiger charge is 2.26. The Morgan fingerprint density at radius 1 is 0.921 bits per heavy atom. The van der Waals surface area contributed by atoms with Gasteiger partial charge in [0.25, 0.3) is 6.43 Å². The molecular formula is C27H30ClF2N7O. The van der Waals surface area contributed by atoms with Crippen molar-refractivity contribution in [2.75, 3.05) is 49.6 Å². The van der Waals surface area contributed by atoms with Crippen LogP contribution in [0.2, 0.25) is 0 Å². The Morgan fingerprint density at radius 3 is 2.45 bits per heavy atom. The van der Waals surface area contributed by atoms with Gasteiger partial charge in [-0.15, -0.1) is 12.4 Å². The Balaban J connectivity index is 0.00000294. The molecule has 200 valence electrons. The zero-order valence-corrected chi connectivity index (χ0v) is 21.7. The molecule has 2 fully saturated rings. The Kier molecular flexibility index (Phi) is 8.01. The zero-order chi connectivity index (χ0) is 25.2. The highest BCUT2D eigenvalue weighted by Crippen LogP contribution is 2.29. The maximum atomic E-state index is 14.1. The molecule has 0 bridgehead atoms. The van der Waals surface area contributed by atoms with Crippen molar-refractivity contribution in [1.82, 2.24) is 24.4 Å². The third-order valence-electron chi connectivity index (χ3n) is 6.90. The van der Waals surface area contributed by atoms with Crippen molar-refractivity contribution < 1.29 is 13.5 Å². The highest BCUT2D eigenvalue weighted by molar-refractivity contribution is 5.85. The lowest BCUT2D eigenvalue weighted by molar-refractivity contribution is 0.122. The van der Waals surface area contributed by atoms with Crippen molar-refractivity contribution in [1.29, 1.82) is 0 Å². The number of hydrogen-bond acceptors (Lipinski definition) is 7. The lowest BCUT2D eigenvalue weighted by atomic mass is 10.2. The number of nitrogens with one attached hydrogen (secondary N) is 1. The minimum atomic E-state index is -2.74. The summed E-state index contributed by atoms with van der Waals surface area (Å²) in [6.07, 6.45) is -1.80. The standard InChI is InChI=1S/C27H29F2N7O.ClH/c28-25(29)26-31-21-8-4-5-9-22(21)36(26)24-16-23(35-12-14-37-15-13-35)32-27(33-24)30-20-10-11-34(18-20)17-19-6-2-1-3-7-19;/h1-9,16,20,25H,10-15,17-18H2,(H,30,32,33);1H/t20-;/m1./s1. The van der Waals surface area contributed by atoms with E-state index in [9.17, 15) is 8.78 Å². The summed E-state index contributed by atoms with van der Waals surface area (Å²) in [5.74, 6) is 1.17. The molecule has 0 spiro atoms. The molecule has 4 aromatic rings. The van der Waals surface area contributed by atoms with Gasteiger partial charge in [0.05, 0.1) is 24.2 Å². The molecular weight excluding hydrogens is 512 g/mol. The SMILES string of the molecule is Cl.FC(F)c1nc2ccccc2n1-c1cc(N2CCOCC2)nc(N[C@@H]2CCN(Cc3ccccc3)C2)n1. The highest BCUT2D eigenvalue weighted by atomic mass is 35.5. The van der Waals surface area contributed by atoms with Crippen molar-refractivity contribution in [3.63, 3.8) is 0 Å². The van der Waals surface area contributed by atoms with Gasteiger partial charge in [0.1, 0.15) is 11.6 Å². The number of halogens is 3. The van der Waals surface area contributed by atoms with Crippen molar-refractivity contribution in [3.8, 4) is 5.82 Å². The van der Waals surface area contributed by atoms with Crippen molar-refractivity contribution in [3.05, 3.63) is 72.1 Å². The molecule has 8 nitrogen and oxygen atoms in total. The molecule has 1 N–H and O–H groups in total. The van der Waals surface area contributed by atoms with Crippen LogP contribution in [0.4, 0.5) is 20.5 Å². The van der Waals surface area contributed by atoms with Crippen molar-refractivity contribution in [2.45, 2.75) is 25.4 Å². The third kappa shape index (κ3) is 5.57. The largest absolute Gasteiger partial charge is 0.378 e. The Bertz CT molecular complexity index is 1360. The maximum Gasteiger partial charge on any atom is 0.296 e. The second kappa shape index (κ2) is 11.6. The molecule has 0 radical (unpaired) electrons. The molecule has 0 amide bonds. The van der Waals surface area contributed by atoms with E-state index in [0.29, 0.717) is 54.9 Å². The lowest BCUT2D eigenvalue weighted by Gasteiger charge is -2.28. The Hall–Kier alpha value is -3.34. The first-order chi connectivity index (χ1) is 18.1. The minimum absolute atomic E-state index is 0. The van der Waals surface area contributed by atoms with Crippen LogP contribution in [-0.4, -0.2) is 69.9 Å². The summed E-state index contributed by atoms with van der Waals surface area (Å²) in [4.78, 5) is 18.2. The molecule has 2 aliphatic rings. The molecule has 0 unspecified atom stereocenters. The van der Waals surface area contributed by atoms with Crippen LogP contribution in [0.15, 0.2) is 60.7 Å². The van der Waals surface area contributed by atoms with E-state index >= 15 is 0 Å². The van der Waals surface area contributed by atoms with Gasteiger partial charge in [0.2, 0.25) is 5.95 Å². The predicted octanol–water partition coefficient (Wildman–Crippen LogP) is 4.70. The van der Waals surface area contributed by atoms with Crippen LogP contribution >= 0.6 is 12.4 Å². The van der Waals surface area contributed by atoms with E-state index in [0.717, 1.165) is 26.1 Å². The number of anilines is 2. The number of aromatic nitrogens is 4. The van der Waals surface area contributed by atoms with Crippen LogP contribution < -0.4 is 10.2 Å². The normalized spacial score (nSPS) is 18.2. The number of imidazole rings is 1. The van der Waals surface area contributed by atoms with Crippen molar-refractivity contribution in [2.24, 2.45) is 0 Å². The fourth-order valence-electron chi connectivity index (χ4n) is 5.11. The number of likely N-dealkylation sites (tertiary alicyclic amines) is 1. The van der Waals surface area contributed by atoms with Gasteiger partial charge >= 0.3 is 0 Å². The van der Waals surface area contributed by atoms with Gasteiger partial charge in [-0.3, -0.25) is 9.47 Å². The number of para-hydroxylation sites is 2. The number of alkyl halides is 2. The summed E-state index contributed by atoms with van der Waals surface area (Å²) in [5.41, 5.74) is 2.37. The van der Waals surface area contributed by atoms with Gasteiger partial charge in [0, 0.05) is 44.8 Å². The minimum Gasteiger partial charge on any atom is -0.378 e. The fourth-order valence-corrected chi connectivity index (χ4v) is 5.11. The molecule has 4 heterocycles. The number of morpholine rings is 1. The molecule has 0 aliphatic carbocycles. The molecule has 38 heavy (non-hydrogen) atoms. The maximum absolute atomic E-state index is 14.1. The molecule has 11 heteroatoms. The van der Waals surface area contributed by atoms with Crippen LogP contribution in [0.25, 0.3) is 16.9 Å². The smallest absolute Gasteiger partial charge is 0.296 e. The number of rotatable bonds is 7. The van der Waals surface area contributed by atoms with E-state index in [-0.39, 0.29) is 24.3 Å². The number of fused-ring (bicyclic) bond motifs is 1. The topological polar surface area (TPSA) is 71.3 Å². The molecule has 1 atom stereocenters. The lowest BCUT2D eigenvalue weighted by Crippen LogP contribution is -2.37. The average molecular weight is 542 g/mol. The fraction of sp³-hybridized carbons (Fsp3) is 0.370. The van der Waals surface area contributed by atoms with E-state index < -0.39 is 6.43 Å². The average Bonchev–Trinajstić information content (AvgIpc) is 3.54. The number of benzene rings is 2. The predicted molar refractivity (Wildman–Crippen MR) is 146 cm³/mol. The number of ether oxygens (including phenoxy) is 1. The van der Waals surface area contributed by atoms with Gasteiger partial charge in [-0.2, -0.15) is 9.97 Å². The Morgan fingerprint density at radius 2 is 1.66 bits per heavy atom. The summed E-state index contributed by atoms with van der Waals surface area (Å²) >= 11 is 0. The van der Waals surface area contributed by atoms with E-state index in [4.69, 9.17) is 14.7 Å². The van der Waals surface area contributed by atoms with E-state index in [1.807, 2.05) is 12.1 Å². The first kappa shape index (κ1) is 26.3. The van der Waals surface area contributed by atoms with Crippen LogP contribution in [0.3, 0.4) is 0 Å². The first-order valence-electron chi connectivity index (χ1n) is 12.6. The third-order valence-corrected chi connectivity index (χ3v) is 6.90. The van der Waals surface area contributed by atoms with E-state index in [2.05, 4.69) is 44.4 Å². The van der Waals surface area contributed by atoms with Gasteiger partial charge < -0.3 is 15.0 Å².